The lowest BCUT2D eigenvalue weighted by molar-refractivity contribution is -0.139. The molecule has 2 aromatic carbocycles. The minimum Gasteiger partial charge on any atom is -0.484 e. The van der Waals surface area contributed by atoms with Gasteiger partial charge in [-0.1, -0.05) is 59.9 Å². The van der Waals surface area contributed by atoms with Gasteiger partial charge in [0, 0.05) is 23.5 Å². The van der Waals surface area contributed by atoms with Gasteiger partial charge in [-0.2, -0.15) is 0 Å². The van der Waals surface area contributed by atoms with Crippen LogP contribution in [0.4, 0.5) is 0 Å². The first kappa shape index (κ1) is 28.8. The van der Waals surface area contributed by atoms with E-state index in [9.17, 15) is 14.4 Å². The number of hydrogen-bond donors (Lipinski definition) is 0. The van der Waals surface area contributed by atoms with Crippen LogP contribution >= 0.6 is 22.7 Å². The first-order chi connectivity index (χ1) is 21.0. The van der Waals surface area contributed by atoms with Crippen molar-refractivity contribution < 1.29 is 23.8 Å². The molecule has 1 saturated heterocycles. The van der Waals surface area contributed by atoms with Crippen LogP contribution in [0.1, 0.15) is 29.0 Å². The van der Waals surface area contributed by atoms with Crippen molar-refractivity contribution in [3.05, 3.63) is 113 Å². The maximum Gasteiger partial charge on any atom is 0.338 e. The molecule has 0 unspecified atom stereocenters. The van der Waals surface area contributed by atoms with E-state index in [0.29, 0.717) is 52.7 Å². The summed E-state index contributed by atoms with van der Waals surface area (Å²) in [6.07, 6.45) is 1.80. The van der Waals surface area contributed by atoms with Crippen LogP contribution in [0.15, 0.2) is 87.5 Å². The molecule has 1 fully saturated rings. The third-order valence-corrected chi connectivity index (χ3v) is 9.00. The summed E-state index contributed by atoms with van der Waals surface area (Å²) in [5, 5.41) is 1.92. The van der Waals surface area contributed by atoms with Gasteiger partial charge in [-0.25, -0.2) is 9.79 Å². The molecule has 4 heterocycles. The van der Waals surface area contributed by atoms with Crippen molar-refractivity contribution >= 4 is 46.3 Å². The van der Waals surface area contributed by atoms with Crippen molar-refractivity contribution in [2.24, 2.45) is 4.99 Å². The van der Waals surface area contributed by atoms with E-state index in [1.807, 2.05) is 60.0 Å². The fourth-order valence-corrected chi connectivity index (χ4v) is 6.84. The molecule has 11 heteroatoms. The van der Waals surface area contributed by atoms with Crippen LogP contribution in [-0.2, 0) is 19.1 Å². The SMILES string of the molecule is CCOC(=O)C1=C(c2ccccc2)N=c2s/c(=C/c3ccc(OCC(=O)N4CCOCC4)cc3)c(=O)n2[C@@H]1c1cccs1. The largest absolute Gasteiger partial charge is 0.484 e. The number of carbonyl (C=O) groups is 2. The molecule has 0 saturated carbocycles. The van der Waals surface area contributed by atoms with Gasteiger partial charge >= 0.3 is 5.97 Å². The number of fused-ring (bicyclic) bond motifs is 1. The zero-order valence-corrected chi connectivity index (χ0v) is 25.1. The Bertz CT molecular complexity index is 1820. The number of hydrogen-bond acceptors (Lipinski definition) is 9. The van der Waals surface area contributed by atoms with Crippen LogP contribution < -0.4 is 19.6 Å². The van der Waals surface area contributed by atoms with E-state index < -0.39 is 12.0 Å². The zero-order valence-electron chi connectivity index (χ0n) is 23.4. The van der Waals surface area contributed by atoms with E-state index in [4.69, 9.17) is 19.2 Å². The third-order valence-electron chi connectivity index (χ3n) is 7.09. The Labute approximate surface area is 255 Å². The van der Waals surface area contributed by atoms with E-state index in [1.54, 1.807) is 34.6 Å². The molecule has 43 heavy (non-hydrogen) atoms. The summed E-state index contributed by atoms with van der Waals surface area (Å²) in [5.41, 5.74) is 2.15. The Morgan fingerprint density at radius 3 is 2.51 bits per heavy atom. The fourth-order valence-electron chi connectivity index (χ4n) is 5.02. The van der Waals surface area contributed by atoms with Gasteiger partial charge in [-0.15, -0.1) is 11.3 Å². The Morgan fingerprint density at radius 1 is 1.05 bits per heavy atom. The summed E-state index contributed by atoms with van der Waals surface area (Å²) >= 11 is 2.75. The second-order valence-electron chi connectivity index (χ2n) is 9.80. The van der Waals surface area contributed by atoms with Crippen LogP contribution in [0, 0.1) is 0 Å². The van der Waals surface area contributed by atoms with Crippen molar-refractivity contribution in [2.75, 3.05) is 39.5 Å². The van der Waals surface area contributed by atoms with Crippen molar-refractivity contribution in [2.45, 2.75) is 13.0 Å². The highest BCUT2D eigenvalue weighted by atomic mass is 32.1. The van der Waals surface area contributed by atoms with Gasteiger partial charge in [-0.05, 0) is 42.1 Å². The zero-order chi connectivity index (χ0) is 29.8. The summed E-state index contributed by atoms with van der Waals surface area (Å²) in [4.78, 5) is 47.7. The number of benzene rings is 2. The van der Waals surface area contributed by atoms with E-state index in [2.05, 4.69) is 0 Å². The van der Waals surface area contributed by atoms with Gasteiger partial charge in [0.05, 0.1) is 35.6 Å². The third kappa shape index (κ3) is 6.10. The average molecular weight is 616 g/mol. The molecule has 0 bridgehead atoms. The second kappa shape index (κ2) is 12.9. The molecular weight excluding hydrogens is 587 g/mol. The molecule has 1 atom stereocenters. The lowest BCUT2D eigenvalue weighted by atomic mass is 9.97. The van der Waals surface area contributed by atoms with Crippen LogP contribution in [0.3, 0.4) is 0 Å². The molecule has 0 N–H and O–H groups in total. The molecule has 1 amide bonds. The molecule has 0 radical (unpaired) electrons. The van der Waals surface area contributed by atoms with Gasteiger partial charge in [-0.3, -0.25) is 14.2 Å². The first-order valence-electron chi connectivity index (χ1n) is 13.9. The maximum atomic E-state index is 13.9. The Balaban J connectivity index is 1.35. The van der Waals surface area contributed by atoms with Crippen molar-refractivity contribution in [1.29, 1.82) is 0 Å². The summed E-state index contributed by atoms with van der Waals surface area (Å²) in [5.74, 6) is -0.0178. The number of morpholine rings is 1. The highest BCUT2D eigenvalue weighted by molar-refractivity contribution is 7.10. The number of ether oxygens (including phenoxy) is 3. The predicted octanol–water partition coefficient (Wildman–Crippen LogP) is 3.23. The van der Waals surface area contributed by atoms with Crippen molar-refractivity contribution in [3.63, 3.8) is 0 Å². The van der Waals surface area contributed by atoms with Gasteiger partial charge in [0.15, 0.2) is 11.4 Å². The number of thiazole rings is 1. The molecule has 0 spiro atoms. The summed E-state index contributed by atoms with van der Waals surface area (Å²) in [7, 11) is 0. The number of amides is 1. The summed E-state index contributed by atoms with van der Waals surface area (Å²) in [6.45, 7) is 4.13. The molecule has 2 aliphatic heterocycles. The molecular formula is C32H29N3O6S2. The lowest BCUT2D eigenvalue weighted by Crippen LogP contribution is -2.42. The number of thiophene rings is 1. The summed E-state index contributed by atoms with van der Waals surface area (Å²) < 4.78 is 18.6. The number of aromatic nitrogens is 1. The van der Waals surface area contributed by atoms with E-state index in [1.165, 1.54) is 22.7 Å². The van der Waals surface area contributed by atoms with E-state index in [0.717, 1.165) is 16.0 Å². The van der Waals surface area contributed by atoms with Crippen LogP contribution in [0.5, 0.6) is 5.75 Å². The number of esters is 1. The van der Waals surface area contributed by atoms with Gasteiger partial charge in [0.2, 0.25) is 0 Å². The summed E-state index contributed by atoms with van der Waals surface area (Å²) in [6, 6.07) is 19.9. The highest BCUT2D eigenvalue weighted by Gasteiger charge is 2.35. The van der Waals surface area contributed by atoms with E-state index in [-0.39, 0.29) is 24.7 Å². The first-order valence-corrected chi connectivity index (χ1v) is 15.6. The van der Waals surface area contributed by atoms with Crippen molar-refractivity contribution in [1.82, 2.24) is 9.47 Å². The smallest absolute Gasteiger partial charge is 0.338 e. The lowest BCUT2D eigenvalue weighted by Gasteiger charge is -2.26. The standard InChI is InChI=1S/C32H29N3O6S2/c1-2-40-31(38)27-28(22-7-4-3-5-8-22)33-32-35(29(27)24-9-6-18-42-24)30(37)25(43-32)19-21-10-12-23(13-11-21)41-20-26(36)34-14-16-39-17-15-34/h3-13,18-19,29H,2,14-17,20H2,1H3/b25-19+/t29-/m1/s1. The van der Waals surface area contributed by atoms with Crippen LogP contribution in [0.25, 0.3) is 11.8 Å². The predicted molar refractivity (Wildman–Crippen MR) is 165 cm³/mol. The molecule has 2 aliphatic rings. The molecule has 4 aromatic rings. The second-order valence-corrected chi connectivity index (χ2v) is 11.8. The minimum absolute atomic E-state index is 0.0484. The molecule has 2 aromatic heterocycles. The normalized spacial score (nSPS) is 16.9. The maximum absolute atomic E-state index is 13.9. The Kier molecular flexibility index (Phi) is 8.64. The number of rotatable bonds is 8. The average Bonchev–Trinajstić information content (AvgIpc) is 3.69. The Hall–Kier alpha value is -4.32. The van der Waals surface area contributed by atoms with Crippen LogP contribution in [-0.4, -0.2) is 60.9 Å². The van der Waals surface area contributed by atoms with Crippen molar-refractivity contribution in [3.8, 4) is 5.75 Å². The monoisotopic (exact) mass is 615 g/mol. The molecule has 6 rings (SSSR count). The molecule has 220 valence electrons. The van der Waals surface area contributed by atoms with Gasteiger partial charge in [0.25, 0.3) is 11.5 Å². The van der Waals surface area contributed by atoms with E-state index >= 15 is 0 Å². The Morgan fingerprint density at radius 2 is 1.81 bits per heavy atom. The van der Waals surface area contributed by atoms with Gasteiger partial charge in [0.1, 0.15) is 11.8 Å². The quantitative estimate of drug-likeness (QED) is 0.283. The minimum atomic E-state index is -0.674. The topological polar surface area (TPSA) is 99.4 Å². The molecule has 0 aliphatic carbocycles. The van der Waals surface area contributed by atoms with Crippen LogP contribution in [0.2, 0.25) is 0 Å². The van der Waals surface area contributed by atoms with Gasteiger partial charge < -0.3 is 19.1 Å². The fraction of sp³-hybridized carbons (Fsp3) is 0.250. The highest BCUT2D eigenvalue weighted by Crippen LogP contribution is 2.36. The number of carbonyl (C=O) groups excluding carboxylic acids is 2. The molecule has 9 nitrogen and oxygen atoms in total. The number of nitrogens with zero attached hydrogens (tertiary/aromatic N) is 3.